The number of benzene rings is 1. The minimum absolute atomic E-state index is 0.253. The third-order valence-corrected chi connectivity index (χ3v) is 4.89. The highest BCUT2D eigenvalue weighted by atomic mass is 35.5. The highest BCUT2D eigenvalue weighted by molar-refractivity contribution is 6.36. The number of hydrogen-bond acceptors (Lipinski definition) is 6. The predicted molar refractivity (Wildman–Crippen MR) is 114 cm³/mol. The summed E-state index contributed by atoms with van der Waals surface area (Å²) in [6.45, 7) is 1.92. The monoisotopic (exact) mass is 445 g/mol. The Balaban J connectivity index is 1.77. The maximum absolute atomic E-state index is 6.45. The van der Waals surface area contributed by atoms with Gasteiger partial charge in [-0.05, 0) is 25.1 Å². The number of rotatable bonds is 5. The van der Waals surface area contributed by atoms with Crippen LogP contribution in [-0.2, 0) is 0 Å². The fourth-order valence-corrected chi connectivity index (χ4v) is 3.42. The molecule has 0 radical (unpaired) electrons. The van der Waals surface area contributed by atoms with Crippen LogP contribution in [0.4, 0.5) is 5.82 Å². The Morgan fingerprint density at radius 1 is 1.00 bits per heavy atom. The van der Waals surface area contributed by atoms with E-state index >= 15 is 0 Å². The summed E-state index contributed by atoms with van der Waals surface area (Å²) in [6.07, 6.45) is 6.50. The molecular formula is C19H14Cl3N7. The summed E-state index contributed by atoms with van der Waals surface area (Å²) in [5, 5.41) is 4.59. The molecule has 1 atom stereocenters. The summed E-state index contributed by atoms with van der Waals surface area (Å²) >= 11 is 18.4. The van der Waals surface area contributed by atoms with Crippen molar-refractivity contribution in [1.82, 2.24) is 29.9 Å². The molecule has 1 aromatic carbocycles. The van der Waals surface area contributed by atoms with Gasteiger partial charge in [0.05, 0.1) is 22.3 Å². The van der Waals surface area contributed by atoms with Crippen molar-refractivity contribution in [2.24, 2.45) is 0 Å². The second kappa shape index (κ2) is 8.32. The van der Waals surface area contributed by atoms with Crippen LogP contribution in [0.2, 0.25) is 15.2 Å². The topological polar surface area (TPSA) is 92.3 Å². The SMILES string of the molecule is CC(Nc1cc(Cl)ncn1)c1ncc(-c2ncc[nH]2)c(-c2ccc(Cl)cc2Cl)n1. The lowest BCUT2D eigenvalue weighted by atomic mass is 10.1. The zero-order chi connectivity index (χ0) is 20.4. The normalized spacial score (nSPS) is 12.0. The molecule has 4 rings (SSSR count). The van der Waals surface area contributed by atoms with E-state index in [1.807, 2.05) is 13.0 Å². The molecule has 29 heavy (non-hydrogen) atoms. The highest BCUT2D eigenvalue weighted by Crippen LogP contribution is 2.35. The van der Waals surface area contributed by atoms with Crippen LogP contribution in [0.3, 0.4) is 0 Å². The maximum atomic E-state index is 6.45. The predicted octanol–water partition coefficient (Wildman–Crippen LogP) is 5.46. The number of aromatic nitrogens is 6. The van der Waals surface area contributed by atoms with Crippen molar-refractivity contribution in [2.75, 3.05) is 5.32 Å². The second-order valence-corrected chi connectivity index (χ2v) is 7.38. The van der Waals surface area contributed by atoms with E-state index in [1.54, 1.807) is 36.8 Å². The van der Waals surface area contributed by atoms with Crippen molar-refractivity contribution < 1.29 is 0 Å². The van der Waals surface area contributed by atoms with E-state index in [1.165, 1.54) is 6.33 Å². The lowest BCUT2D eigenvalue weighted by Crippen LogP contribution is -2.12. The molecule has 0 aliphatic rings. The molecule has 3 aromatic heterocycles. The smallest absolute Gasteiger partial charge is 0.150 e. The van der Waals surface area contributed by atoms with Gasteiger partial charge in [0.1, 0.15) is 23.1 Å². The Kier molecular flexibility index (Phi) is 5.62. The van der Waals surface area contributed by atoms with E-state index in [-0.39, 0.29) is 6.04 Å². The number of nitrogens with one attached hydrogen (secondary N) is 2. The van der Waals surface area contributed by atoms with E-state index in [0.29, 0.717) is 38.4 Å². The number of anilines is 1. The van der Waals surface area contributed by atoms with Gasteiger partial charge in [-0.15, -0.1) is 0 Å². The van der Waals surface area contributed by atoms with Crippen LogP contribution < -0.4 is 5.32 Å². The van der Waals surface area contributed by atoms with Gasteiger partial charge in [-0.2, -0.15) is 0 Å². The van der Waals surface area contributed by atoms with Crippen molar-refractivity contribution in [3.05, 3.63) is 70.2 Å². The first-order chi connectivity index (χ1) is 14.0. The molecule has 0 saturated carbocycles. The number of aromatic amines is 1. The lowest BCUT2D eigenvalue weighted by molar-refractivity contribution is 0.784. The van der Waals surface area contributed by atoms with Gasteiger partial charge in [0.15, 0.2) is 5.82 Å². The van der Waals surface area contributed by atoms with Crippen molar-refractivity contribution >= 4 is 40.6 Å². The fourth-order valence-electron chi connectivity index (χ4n) is 2.78. The second-order valence-electron chi connectivity index (χ2n) is 6.14. The van der Waals surface area contributed by atoms with Gasteiger partial charge >= 0.3 is 0 Å². The van der Waals surface area contributed by atoms with Crippen LogP contribution in [0.5, 0.6) is 0 Å². The molecule has 10 heteroatoms. The van der Waals surface area contributed by atoms with Crippen LogP contribution in [-0.4, -0.2) is 29.9 Å². The Morgan fingerprint density at radius 3 is 2.59 bits per heavy atom. The maximum Gasteiger partial charge on any atom is 0.150 e. The largest absolute Gasteiger partial charge is 0.360 e. The van der Waals surface area contributed by atoms with Crippen LogP contribution in [0.25, 0.3) is 22.6 Å². The van der Waals surface area contributed by atoms with Gasteiger partial charge in [-0.3, -0.25) is 0 Å². The zero-order valence-electron chi connectivity index (χ0n) is 15.1. The fraction of sp³-hybridized carbons (Fsp3) is 0.105. The van der Waals surface area contributed by atoms with E-state index in [9.17, 15) is 0 Å². The highest BCUT2D eigenvalue weighted by Gasteiger charge is 2.18. The molecule has 146 valence electrons. The summed E-state index contributed by atoms with van der Waals surface area (Å²) in [7, 11) is 0. The molecule has 0 bridgehead atoms. The summed E-state index contributed by atoms with van der Waals surface area (Å²) in [6, 6.07) is 6.65. The summed E-state index contributed by atoms with van der Waals surface area (Å²) < 4.78 is 0. The minimum atomic E-state index is -0.253. The number of hydrogen-bond donors (Lipinski definition) is 2. The molecule has 3 heterocycles. The molecule has 0 spiro atoms. The Bertz CT molecular complexity index is 1150. The molecular weight excluding hydrogens is 433 g/mol. The van der Waals surface area contributed by atoms with E-state index in [0.717, 1.165) is 11.1 Å². The molecule has 4 aromatic rings. The summed E-state index contributed by atoms with van der Waals surface area (Å²) in [5.41, 5.74) is 2.09. The first-order valence-electron chi connectivity index (χ1n) is 8.57. The Hall–Kier alpha value is -2.74. The van der Waals surface area contributed by atoms with Crippen molar-refractivity contribution in [3.63, 3.8) is 0 Å². The molecule has 1 unspecified atom stereocenters. The molecule has 0 amide bonds. The van der Waals surface area contributed by atoms with Crippen LogP contribution >= 0.6 is 34.8 Å². The molecule has 0 aliphatic carbocycles. The Morgan fingerprint density at radius 2 is 1.86 bits per heavy atom. The molecule has 0 fully saturated rings. The molecule has 2 N–H and O–H groups in total. The van der Waals surface area contributed by atoms with Crippen molar-refractivity contribution in [2.45, 2.75) is 13.0 Å². The van der Waals surface area contributed by atoms with Gasteiger partial charge in [0.2, 0.25) is 0 Å². The number of nitrogens with zero attached hydrogens (tertiary/aromatic N) is 5. The number of halogens is 3. The number of H-pyrrole nitrogens is 1. The molecule has 0 saturated heterocycles. The molecule has 0 aliphatic heterocycles. The van der Waals surface area contributed by atoms with Gasteiger partial charge in [-0.1, -0.05) is 34.8 Å². The van der Waals surface area contributed by atoms with E-state index < -0.39 is 0 Å². The van der Waals surface area contributed by atoms with E-state index in [4.69, 9.17) is 39.8 Å². The molecule has 7 nitrogen and oxygen atoms in total. The first-order valence-corrected chi connectivity index (χ1v) is 9.71. The van der Waals surface area contributed by atoms with Crippen LogP contribution in [0, 0.1) is 0 Å². The third-order valence-electron chi connectivity index (χ3n) is 4.13. The van der Waals surface area contributed by atoms with Gasteiger partial charge in [-0.25, -0.2) is 24.9 Å². The van der Waals surface area contributed by atoms with Gasteiger partial charge in [0.25, 0.3) is 0 Å². The summed E-state index contributed by atoms with van der Waals surface area (Å²) in [5.74, 6) is 1.76. The van der Waals surface area contributed by atoms with Crippen LogP contribution in [0.15, 0.2) is 49.2 Å². The average Bonchev–Trinajstić information content (AvgIpc) is 3.22. The van der Waals surface area contributed by atoms with Crippen molar-refractivity contribution in [3.8, 4) is 22.6 Å². The van der Waals surface area contributed by atoms with E-state index in [2.05, 4.69) is 30.2 Å². The zero-order valence-corrected chi connectivity index (χ0v) is 17.3. The quantitative estimate of drug-likeness (QED) is 0.396. The third kappa shape index (κ3) is 4.32. The summed E-state index contributed by atoms with van der Waals surface area (Å²) in [4.78, 5) is 24.7. The minimum Gasteiger partial charge on any atom is -0.360 e. The van der Waals surface area contributed by atoms with Gasteiger partial charge in [0, 0.05) is 35.2 Å². The average molecular weight is 447 g/mol. The first kappa shape index (κ1) is 19.6. The standard InChI is InChI=1S/C19H14Cl3N7/c1-10(28-16-7-15(22)26-9-27-16)18-25-8-13(19-23-4-5-24-19)17(29-18)12-3-2-11(20)6-14(12)21/h2-10H,1H3,(H,23,24)(H,26,27,28). The lowest BCUT2D eigenvalue weighted by Gasteiger charge is -2.16. The Labute approximate surface area is 181 Å². The van der Waals surface area contributed by atoms with Crippen molar-refractivity contribution in [1.29, 1.82) is 0 Å². The van der Waals surface area contributed by atoms with Gasteiger partial charge < -0.3 is 10.3 Å². The number of imidazole rings is 1. The van der Waals surface area contributed by atoms with Crippen LogP contribution in [0.1, 0.15) is 18.8 Å².